The van der Waals surface area contributed by atoms with E-state index in [4.69, 9.17) is 11.6 Å². The van der Waals surface area contributed by atoms with Gasteiger partial charge in [0, 0.05) is 16.9 Å². The molecule has 18 heavy (non-hydrogen) atoms. The van der Waals surface area contributed by atoms with Crippen LogP contribution in [0, 0.1) is 12.8 Å². The van der Waals surface area contributed by atoms with E-state index in [1.165, 1.54) is 18.4 Å². The average molecular weight is 265 g/mol. The molecule has 96 valence electrons. The van der Waals surface area contributed by atoms with Crippen LogP contribution in [0.5, 0.6) is 0 Å². The summed E-state index contributed by atoms with van der Waals surface area (Å²) in [4.78, 5) is 11.6. The third-order valence-electron chi connectivity index (χ3n) is 3.08. The number of carbonyl (C=O) groups excluding carboxylic acids is 1. The van der Waals surface area contributed by atoms with E-state index in [9.17, 15) is 4.79 Å². The van der Waals surface area contributed by atoms with Crippen molar-refractivity contribution in [3.63, 3.8) is 0 Å². The van der Waals surface area contributed by atoms with Crippen molar-refractivity contribution < 1.29 is 4.79 Å². The molecule has 0 unspecified atom stereocenters. The first kappa shape index (κ1) is 13.0. The lowest BCUT2D eigenvalue weighted by Crippen LogP contribution is -2.24. The quantitative estimate of drug-likeness (QED) is 0.848. The largest absolute Gasteiger partial charge is 0.323 e. The highest BCUT2D eigenvalue weighted by Gasteiger charge is 2.22. The monoisotopic (exact) mass is 264 g/mol. The number of aryl methyl sites for hydroxylation is 1. The van der Waals surface area contributed by atoms with Crippen LogP contribution in [-0.2, 0) is 0 Å². The molecule has 1 aliphatic rings. The van der Waals surface area contributed by atoms with Crippen molar-refractivity contribution in [1.29, 1.82) is 0 Å². The van der Waals surface area contributed by atoms with E-state index in [1.54, 1.807) is 12.3 Å². The van der Waals surface area contributed by atoms with E-state index in [2.05, 4.69) is 10.6 Å². The first-order valence-electron chi connectivity index (χ1n) is 6.06. The fraction of sp³-hybridized carbons (Fsp3) is 0.357. The first-order chi connectivity index (χ1) is 8.56. The summed E-state index contributed by atoms with van der Waals surface area (Å²) in [5.74, 6) is 0.666. The van der Waals surface area contributed by atoms with Crippen molar-refractivity contribution in [2.75, 3.05) is 5.32 Å². The second kappa shape index (κ2) is 5.44. The summed E-state index contributed by atoms with van der Waals surface area (Å²) in [6.07, 6.45) is 4.25. The molecule has 1 aromatic rings. The molecule has 1 saturated carbocycles. The molecule has 0 aromatic heterocycles. The van der Waals surface area contributed by atoms with Crippen molar-refractivity contribution in [2.45, 2.75) is 26.7 Å². The zero-order chi connectivity index (χ0) is 13.1. The lowest BCUT2D eigenvalue weighted by Gasteiger charge is -2.07. The Bertz CT molecular complexity index is 493. The first-order valence-corrected chi connectivity index (χ1v) is 6.44. The van der Waals surface area contributed by atoms with E-state index in [1.807, 2.05) is 26.0 Å². The van der Waals surface area contributed by atoms with Crippen molar-refractivity contribution in [2.24, 2.45) is 5.92 Å². The molecule has 0 saturated heterocycles. The summed E-state index contributed by atoms with van der Waals surface area (Å²) in [7, 11) is 0. The van der Waals surface area contributed by atoms with E-state index in [-0.39, 0.29) is 6.03 Å². The second-order valence-corrected chi connectivity index (χ2v) is 5.13. The van der Waals surface area contributed by atoms with Gasteiger partial charge >= 0.3 is 6.03 Å². The Labute approximate surface area is 112 Å². The van der Waals surface area contributed by atoms with Gasteiger partial charge in [0.1, 0.15) is 0 Å². The number of anilines is 1. The molecule has 1 fully saturated rings. The number of benzene rings is 1. The SMILES string of the molecule is C/C(=C\NC(=O)Nc1ccc(C)c(Cl)c1)C1CC1. The zero-order valence-electron chi connectivity index (χ0n) is 10.6. The van der Waals surface area contributed by atoms with Crippen LogP contribution in [0.3, 0.4) is 0 Å². The molecule has 0 spiro atoms. The van der Waals surface area contributed by atoms with Gasteiger partial charge in [0.15, 0.2) is 0 Å². The summed E-state index contributed by atoms with van der Waals surface area (Å²) >= 11 is 5.99. The minimum Gasteiger partial charge on any atom is -0.314 e. The predicted molar refractivity (Wildman–Crippen MR) is 74.8 cm³/mol. The summed E-state index contributed by atoms with van der Waals surface area (Å²) in [5.41, 5.74) is 2.92. The van der Waals surface area contributed by atoms with Gasteiger partial charge in [-0.25, -0.2) is 4.79 Å². The zero-order valence-corrected chi connectivity index (χ0v) is 11.3. The van der Waals surface area contributed by atoms with Crippen LogP contribution in [0.15, 0.2) is 30.0 Å². The van der Waals surface area contributed by atoms with Crippen molar-refractivity contribution >= 4 is 23.3 Å². The second-order valence-electron chi connectivity index (χ2n) is 4.73. The summed E-state index contributed by atoms with van der Waals surface area (Å²) < 4.78 is 0. The lowest BCUT2D eigenvalue weighted by molar-refractivity contribution is 0.255. The molecule has 2 amide bonds. The fourth-order valence-corrected chi connectivity index (χ4v) is 1.85. The summed E-state index contributed by atoms with van der Waals surface area (Å²) in [6.45, 7) is 3.97. The molecule has 0 radical (unpaired) electrons. The minimum absolute atomic E-state index is 0.241. The molecule has 3 nitrogen and oxygen atoms in total. The maximum absolute atomic E-state index is 11.6. The topological polar surface area (TPSA) is 41.1 Å². The number of hydrogen-bond donors (Lipinski definition) is 2. The molecule has 0 aliphatic heterocycles. The highest BCUT2D eigenvalue weighted by Crippen LogP contribution is 2.35. The van der Waals surface area contributed by atoms with Crippen LogP contribution in [-0.4, -0.2) is 6.03 Å². The smallest absolute Gasteiger partial charge is 0.314 e. The molecular weight excluding hydrogens is 248 g/mol. The number of nitrogens with one attached hydrogen (secondary N) is 2. The van der Waals surface area contributed by atoms with Gasteiger partial charge in [-0.3, -0.25) is 0 Å². The Morgan fingerprint density at radius 3 is 2.78 bits per heavy atom. The van der Waals surface area contributed by atoms with Crippen LogP contribution in [0.4, 0.5) is 10.5 Å². The van der Waals surface area contributed by atoms with Gasteiger partial charge in [-0.15, -0.1) is 0 Å². The van der Waals surface area contributed by atoms with Gasteiger partial charge in [-0.2, -0.15) is 0 Å². The number of carbonyl (C=O) groups is 1. The van der Waals surface area contributed by atoms with E-state index in [0.29, 0.717) is 16.6 Å². The van der Waals surface area contributed by atoms with Gasteiger partial charge in [0.25, 0.3) is 0 Å². The number of halogens is 1. The van der Waals surface area contributed by atoms with Crippen LogP contribution in [0.1, 0.15) is 25.3 Å². The van der Waals surface area contributed by atoms with E-state index in [0.717, 1.165) is 5.56 Å². The maximum atomic E-state index is 11.6. The standard InChI is InChI=1S/C14H17ClN2O/c1-9-3-6-12(7-13(9)15)17-14(18)16-8-10(2)11-4-5-11/h3,6-8,11H,4-5H2,1-2H3,(H2,16,17,18)/b10-8+. The molecule has 1 aromatic carbocycles. The van der Waals surface area contributed by atoms with Crippen LogP contribution in [0.2, 0.25) is 5.02 Å². The normalized spacial score (nSPS) is 15.4. The van der Waals surface area contributed by atoms with Crippen molar-refractivity contribution in [3.05, 3.63) is 40.6 Å². The molecule has 2 rings (SSSR count). The number of hydrogen-bond acceptors (Lipinski definition) is 1. The Kier molecular flexibility index (Phi) is 3.92. The Balaban J connectivity index is 1.90. The Morgan fingerprint density at radius 2 is 2.17 bits per heavy atom. The average Bonchev–Trinajstić information content (AvgIpc) is 3.15. The number of urea groups is 1. The third kappa shape index (κ3) is 3.50. The molecule has 0 bridgehead atoms. The molecule has 0 atom stereocenters. The number of allylic oxidation sites excluding steroid dienone is 1. The Hall–Kier alpha value is -1.48. The van der Waals surface area contributed by atoms with E-state index >= 15 is 0 Å². The van der Waals surface area contributed by atoms with Gasteiger partial charge in [-0.05, 0) is 50.3 Å². The van der Waals surface area contributed by atoms with Gasteiger partial charge in [0.05, 0.1) is 0 Å². The predicted octanol–water partition coefficient (Wildman–Crippen LogP) is 4.08. The third-order valence-corrected chi connectivity index (χ3v) is 3.49. The van der Waals surface area contributed by atoms with E-state index < -0.39 is 0 Å². The van der Waals surface area contributed by atoms with Crippen molar-refractivity contribution in [3.8, 4) is 0 Å². The molecule has 1 aliphatic carbocycles. The molecule has 0 heterocycles. The number of amides is 2. The van der Waals surface area contributed by atoms with Crippen molar-refractivity contribution in [1.82, 2.24) is 5.32 Å². The highest BCUT2D eigenvalue weighted by atomic mass is 35.5. The summed E-state index contributed by atoms with van der Waals surface area (Å²) in [5, 5.41) is 6.13. The maximum Gasteiger partial charge on any atom is 0.323 e. The van der Waals surface area contributed by atoms with Crippen LogP contribution < -0.4 is 10.6 Å². The Morgan fingerprint density at radius 1 is 1.44 bits per heavy atom. The molecule has 4 heteroatoms. The van der Waals surface area contributed by atoms with Gasteiger partial charge in [0.2, 0.25) is 0 Å². The number of rotatable bonds is 3. The minimum atomic E-state index is -0.241. The van der Waals surface area contributed by atoms with Crippen LogP contribution in [0.25, 0.3) is 0 Å². The van der Waals surface area contributed by atoms with Crippen LogP contribution >= 0.6 is 11.6 Å². The molecule has 2 N–H and O–H groups in total. The fourth-order valence-electron chi connectivity index (χ4n) is 1.67. The molecular formula is C14H17ClN2O. The highest BCUT2D eigenvalue weighted by molar-refractivity contribution is 6.31. The van der Waals surface area contributed by atoms with Gasteiger partial charge < -0.3 is 10.6 Å². The van der Waals surface area contributed by atoms with Gasteiger partial charge in [-0.1, -0.05) is 23.2 Å². The summed E-state index contributed by atoms with van der Waals surface area (Å²) in [6, 6.07) is 5.21. The lowest BCUT2D eigenvalue weighted by atomic mass is 10.2.